The summed E-state index contributed by atoms with van der Waals surface area (Å²) in [6.45, 7) is 0. The molecule has 0 aromatic carbocycles. The predicted molar refractivity (Wildman–Crippen MR) is 52.7 cm³/mol. The molecule has 0 aromatic heterocycles. The summed E-state index contributed by atoms with van der Waals surface area (Å²) in [5, 5.41) is 0. The molecule has 3 heteroatoms. The van der Waals surface area contributed by atoms with Gasteiger partial charge in [0.15, 0.2) is 0 Å². The maximum atomic E-state index is 11.6. The van der Waals surface area contributed by atoms with Crippen LogP contribution >= 0.6 is 0 Å². The molecule has 0 N–H and O–H groups in total. The van der Waals surface area contributed by atoms with Crippen LogP contribution in [0.2, 0.25) is 0 Å². The maximum Gasteiger partial charge on any atom is 0.315 e. The Morgan fingerprint density at radius 1 is 1.29 bits per heavy atom. The lowest BCUT2D eigenvalue weighted by Crippen LogP contribution is -2.32. The van der Waals surface area contributed by atoms with Crippen LogP contribution < -0.4 is 0 Å². The van der Waals surface area contributed by atoms with Crippen LogP contribution in [0.5, 0.6) is 0 Å². The second-order valence-electron chi connectivity index (χ2n) is 3.70. The lowest BCUT2D eigenvalue weighted by Gasteiger charge is -2.31. The molecule has 0 aliphatic heterocycles. The molecule has 0 bridgehead atoms. The van der Waals surface area contributed by atoms with Gasteiger partial charge in [-0.05, 0) is 18.9 Å². The maximum absolute atomic E-state index is 11.6. The predicted octanol–water partition coefficient (Wildman–Crippen LogP) is 1.86. The van der Waals surface area contributed by atoms with Crippen molar-refractivity contribution in [3.8, 4) is 0 Å². The largest absolute Gasteiger partial charge is 0.468 e. The molecule has 1 saturated carbocycles. The molecule has 1 aliphatic carbocycles. The highest BCUT2D eigenvalue weighted by molar-refractivity contribution is 5.80. The molecule has 0 radical (unpaired) electrons. The smallest absolute Gasteiger partial charge is 0.315 e. The summed E-state index contributed by atoms with van der Waals surface area (Å²) in [6, 6.07) is 0. The van der Waals surface area contributed by atoms with Gasteiger partial charge < -0.3 is 4.74 Å². The van der Waals surface area contributed by atoms with Crippen molar-refractivity contribution < 1.29 is 14.3 Å². The minimum atomic E-state index is -0.534. The molecule has 0 unspecified atom stereocenters. The van der Waals surface area contributed by atoms with E-state index in [-0.39, 0.29) is 5.97 Å². The molecule has 0 saturated heterocycles. The van der Waals surface area contributed by atoms with E-state index < -0.39 is 5.41 Å². The standard InChI is InChI=1S/C11H16O3/c1-14-10(13)11(8-5-9-12)6-3-2-4-7-11/h5,8-9H,2-4,6-7H2,1H3/b8-5+. The van der Waals surface area contributed by atoms with E-state index >= 15 is 0 Å². The average Bonchev–Trinajstić information content (AvgIpc) is 2.26. The van der Waals surface area contributed by atoms with Gasteiger partial charge in [-0.1, -0.05) is 25.3 Å². The average molecular weight is 196 g/mol. The van der Waals surface area contributed by atoms with Crippen molar-refractivity contribution in [2.45, 2.75) is 32.1 Å². The number of carbonyl (C=O) groups is 2. The zero-order valence-corrected chi connectivity index (χ0v) is 8.49. The lowest BCUT2D eigenvalue weighted by molar-refractivity contribution is -0.151. The van der Waals surface area contributed by atoms with Crippen LogP contribution in [0.4, 0.5) is 0 Å². The first-order valence-electron chi connectivity index (χ1n) is 4.96. The number of carbonyl (C=O) groups excluding carboxylic acids is 2. The minimum absolute atomic E-state index is 0.213. The SMILES string of the molecule is COC(=O)C1(/C=C/C=O)CCCCC1. The monoisotopic (exact) mass is 196 g/mol. The van der Waals surface area contributed by atoms with E-state index in [2.05, 4.69) is 0 Å². The molecule has 0 spiro atoms. The summed E-state index contributed by atoms with van der Waals surface area (Å²) in [5.41, 5.74) is -0.534. The van der Waals surface area contributed by atoms with Crippen LogP contribution in [-0.4, -0.2) is 19.4 Å². The van der Waals surface area contributed by atoms with E-state index in [1.54, 1.807) is 6.08 Å². The van der Waals surface area contributed by atoms with Gasteiger partial charge in [0.25, 0.3) is 0 Å². The third kappa shape index (κ3) is 2.22. The number of allylic oxidation sites excluding steroid dienone is 1. The summed E-state index contributed by atoms with van der Waals surface area (Å²) >= 11 is 0. The Kier molecular flexibility index (Phi) is 3.86. The fourth-order valence-electron chi connectivity index (χ4n) is 2.05. The summed E-state index contributed by atoms with van der Waals surface area (Å²) in [4.78, 5) is 21.9. The molecule has 0 aromatic rings. The zero-order valence-electron chi connectivity index (χ0n) is 8.49. The van der Waals surface area contributed by atoms with E-state index in [0.717, 1.165) is 32.1 Å². The van der Waals surface area contributed by atoms with E-state index in [9.17, 15) is 9.59 Å². The number of ether oxygens (including phenoxy) is 1. The normalized spacial score (nSPS) is 20.6. The number of methoxy groups -OCH3 is 1. The van der Waals surface area contributed by atoms with Gasteiger partial charge in [0.2, 0.25) is 0 Å². The number of rotatable bonds is 3. The van der Waals surface area contributed by atoms with Gasteiger partial charge in [-0.3, -0.25) is 9.59 Å². The van der Waals surface area contributed by atoms with Crippen molar-refractivity contribution in [1.29, 1.82) is 0 Å². The molecular formula is C11H16O3. The number of aldehydes is 1. The third-order valence-corrected chi connectivity index (χ3v) is 2.83. The van der Waals surface area contributed by atoms with Crippen molar-refractivity contribution >= 4 is 12.3 Å². The van der Waals surface area contributed by atoms with Crippen molar-refractivity contribution in [1.82, 2.24) is 0 Å². The molecule has 0 atom stereocenters. The first kappa shape index (κ1) is 11.0. The summed E-state index contributed by atoms with van der Waals surface area (Å²) in [6.07, 6.45) is 8.62. The first-order valence-corrected chi connectivity index (χ1v) is 4.96. The van der Waals surface area contributed by atoms with Gasteiger partial charge in [-0.2, -0.15) is 0 Å². The second-order valence-corrected chi connectivity index (χ2v) is 3.70. The van der Waals surface area contributed by atoms with E-state index in [0.29, 0.717) is 6.29 Å². The van der Waals surface area contributed by atoms with E-state index in [4.69, 9.17) is 4.74 Å². The van der Waals surface area contributed by atoms with Gasteiger partial charge in [0.05, 0.1) is 12.5 Å². The highest BCUT2D eigenvalue weighted by Gasteiger charge is 2.37. The third-order valence-electron chi connectivity index (χ3n) is 2.83. The van der Waals surface area contributed by atoms with Gasteiger partial charge in [0, 0.05) is 0 Å². The van der Waals surface area contributed by atoms with Crippen molar-refractivity contribution in [2.24, 2.45) is 5.41 Å². The van der Waals surface area contributed by atoms with E-state index in [1.165, 1.54) is 13.2 Å². The summed E-state index contributed by atoms with van der Waals surface area (Å²) < 4.78 is 4.78. The molecule has 1 aliphatic rings. The zero-order chi connectivity index (χ0) is 10.4. The van der Waals surface area contributed by atoms with Gasteiger partial charge in [0.1, 0.15) is 6.29 Å². The number of esters is 1. The highest BCUT2D eigenvalue weighted by Crippen LogP contribution is 2.38. The molecule has 3 nitrogen and oxygen atoms in total. The van der Waals surface area contributed by atoms with Crippen LogP contribution in [0.3, 0.4) is 0 Å². The summed E-state index contributed by atoms with van der Waals surface area (Å²) in [5.74, 6) is -0.213. The molecule has 0 heterocycles. The van der Waals surface area contributed by atoms with Crippen LogP contribution in [0.15, 0.2) is 12.2 Å². The van der Waals surface area contributed by atoms with Crippen LogP contribution in [0.25, 0.3) is 0 Å². The molecule has 14 heavy (non-hydrogen) atoms. The Balaban J connectivity index is 2.81. The first-order chi connectivity index (χ1) is 6.75. The minimum Gasteiger partial charge on any atom is -0.468 e. The fourth-order valence-corrected chi connectivity index (χ4v) is 2.05. The second kappa shape index (κ2) is 4.94. The van der Waals surface area contributed by atoms with Crippen molar-refractivity contribution in [3.63, 3.8) is 0 Å². The van der Waals surface area contributed by atoms with Crippen LogP contribution in [0, 0.1) is 5.41 Å². The Morgan fingerprint density at radius 3 is 2.43 bits per heavy atom. The molecule has 1 fully saturated rings. The molecule has 1 rings (SSSR count). The highest BCUT2D eigenvalue weighted by atomic mass is 16.5. The Labute approximate surface area is 84.1 Å². The topological polar surface area (TPSA) is 43.4 Å². The van der Waals surface area contributed by atoms with Gasteiger partial charge >= 0.3 is 5.97 Å². The Bertz CT molecular complexity index is 237. The number of hydrogen-bond donors (Lipinski definition) is 0. The van der Waals surface area contributed by atoms with Gasteiger partial charge in [-0.15, -0.1) is 0 Å². The fraction of sp³-hybridized carbons (Fsp3) is 0.636. The molecular weight excluding hydrogens is 180 g/mol. The summed E-state index contributed by atoms with van der Waals surface area (Å²) in [7, 11) is 1.40. The Hall–Kier alpha value is -1.12. The van der Waals surface area contributed by atoms with Crippen molar-refractivity contribution in [3.05, 3.63) is 12.2 Å². The lowest BCUT2D eigenvalue weighted by atomic mass is 9.74. The van der Waals surface area contributed by atoms with E-state index in [1.807, 2.05) is 0 Å². The van der Waals surface area contributed by atoms with Crippen LogP contribution in [0.1, 0.15) is 32.1 Å². The van der Waals surface area contributed by atoms with Gasteiger partial charge in [-0.25, -0.2) is 0 Å². The number of hydrogen-bond acceptors (Lipinski definition) is 3. The van der Waals surface area contributed by atoms with Crippen LogP contribution in [-0.2, 0) is 14.3 Å². The molecule has 78 valence electrons. The molecule has 0 amide bonds. The van der Waals surface area contributed by atoms with Crippen molar-refractivity contribution in [2.75, 3.05) is 7.11 Å². The quantitative estimate of drug-likeness (QED) is 0.393. The Morgan fingerprint density at radius 2 is 1.93 bits per heavy atom.